The van der Waals surface area contributed by atoms with Crippen molar-refractivity contribution in [2.45, 2.75) is 19.0 Å². The Balaban J connectivity index is 1.41. The molecule has 212 valence electrons. The number of aromatic nitrogens is 6. The van der Waals surface area contributed by atoms with E-state index in [1.807, 2.05) is 0 Å². The third-order valence-electron chi connectivity index (χ3n) is 6.60. The van der Waals surface area contributed by atoms with Gasteiger partial charge in [0.05, 0.1) is 42.9 Å². The molecule has 0 aliphatic carbocycles. The van der Waals surface area contributed by atoms with Gasteiger partial charge < -0.3 is 29.4 Å². The third-order valence-corrected chi connectivity index (χ3v) is 6.87. The first kappa shape index (κ1) is 27.8. The van der Waals surface area contributed by atoms with Crippen molar-refractivity contribution < 1.29 is 19.0 Å². The molecule has 41 heavy (non-hydrogen) atoms. The Bertz CT molecular complexity index is 1800. The fourth-order valence-corrected chi connectivity index (χ4v) is 4.55. The number of fused-ring (bicyclic) bond motifs is 1. The lowest BCUT2D eigenvalue weighted by atomic mass is 10.1. The van der Waals surface area contributed by atoms with Crippen LogP contribution in [0.5, 0.6) is 5.75 Å². The van der Waals surface area contributed by atoms with Crippen molar-refractivity contribution in [3.05, 3.63) is 88.1 Å². The maximum atomic E-state index is 14.0. The molecule has 2 unspecified atom stereocenters. The lowest BCUT2D eigenvalue weighted by molar-refractivity contribution is -0.125. The van der Waals surface area contributed by atoms with Crippen molar-refractivity contribution in [1.29, 1.82) is 0 Å². The number of aryl methyl sites for hydroxylation is 1. The van der Waals surface area contributed by atoms with E-state index in [0.29, 0.717) is 28.6 Å². The topological polar surface area (TPSA) is 141 Å². The smallest absolute Gasteiger partial charge is 0.275 e. The number of rotatable bonds is 9. The molecule has 0 radical (unpaired) electrons. The lowest BCUT2D eigenvalue weighted by Crippen LogP contribution is -2.39. The second kappa shape index (κ2) is 11.4. The zero-order valence-electron chi connectivity index (χ0n) is 22.2. The molecule has 0 spiro atoms. The van der Waals surface area contributed by atoms with E-state index in [-0.39, 0.29) is 16.3 Å². The standard InChI is InChI=1S/C27H26ClFN8O4/c1-15(25(39)32-21(14-38)16-8-18(29)11-19(9-16)41-3)37-7-6-36-13-17(10-22(36)26(37)40)24-20(28)12-30-27(34-24)33-23-4-5-31-35(23)2/h4-13,15,21,38H,14H2,1-3H3,(H,32,39)(H,30,33,34). The minimum absolute atomic E-state index is 0.245. The van der Waals surface area contributed by atoms with E-state index in [1.54, 1.807) is 53.8 Å². The third kappa shape index (κ3) is 5.62. The summed E-state index contributed by atoms with van der Waals surface area (Å²) < 4.78 is 23.6. The molecule has 0 bridgehead atoms. The van der Waals surface area contributed by atoms with Crippen molar-refractivity contribution in [3.63, 3.8) is 0 Å². The fourth-order valence-electron chi connectivity index (χ4n) is 4.35. The summed E-state index contributed by atoms with van der Waals surface area (Å²) in [7, 11) is 3.16. The molecule has 12 nitrogen and oxygen atoms in total. The number of halogens is 2. The first-order chi connectivity index (χ1) is 19.7. The largest absolute Gasteiger partial charge is 0.497 e. The maximum Gasteiger partial charge on any atom is 0.275 e. The van der Waals surface area contributed by atoms with E-state index >= 15 is 0 Å². The molecule has 1 amide bonds. The van der Waals surface area contributed by atoms with Gasteiger partial charge in [-0.2, -0.15) is 5.10 Å². The number of anilines is 2. The minimum atomic E-state index is -0.951. The summed E-state index contributed by atoms with van der Waals surface area (Å²) in [4.78, 5) is 35.3. The van der Waals surface area contributed by atoms with E-state index in [9.17, 15) is 19.1 Å². The van der Waals surface area contributed by atoms with Crippen LogP contribution >= 0.6 is 11.6 Å². The molecule has 5 aromatic rings. The first-order valence-corrected chi connectivity index (χ1v) is 12.8. The second-order valence-corrected chi connectivity index (χ2v) is 9.64. The molecule has 4 heterocycles. The number of nitrogens with zero attached hydrogens (tertiary/aromatic N) is 6. The maximum absolute atomic E-state index is 14.0. The van der Waals surface area contributed by atoms with Gasteiger partial charge in [-0.3, -0.25) is 14.3 Å². The molecule has 2 atom stereocenters. The lowest BCUT2D eigenvalue weighted by Gasteiger charge is -2.21. The summed E-state index contributed by atoms with van der Waals surface area (Å²) in [5.74, 6) is 0.0931. The van der Waals surface area contributed by atoms with E-state index < -0.39 is 36.0 Å². The van der Waals surface area contributed by atoms with Gasteiger partial charge in [-0.25, -0.2) is 14.4 Å². The molecule has 14 heteroatoms. The van der Waals surface area contributed by atoms with Crippen molar-refractivity contribution >= 4 is 34.8 Å². The molecule has 0 aliphatic rings. The number of methoxy groups -OCH3 is 1. The predicted octanol–water partition coefficient (Wildman–Crippen LogP) is 3.25. The average Bonchev–Trinajstić information content (AvgIpc) is 3.58. The molecule has 0 saturated carbocycles. The Morgan fingerprint density at radius 2 is 2.05 bits per heavy atom. The van der Waals surface area contributed by atoms with Gasteiger partial charge in [0.25, 0.3) is 5.56 Å². The van der Waals surface area contributed by atoms with E-state index in [2.05, 4.69) is 25.7 Å². The molecule has 5 rings (SSSR count). The average molecular weight is 581 g/mol. The second-order valence-electron chi connectivity index (χ2n) is 9.23. The Morgan fingerprint density at radius 1 is 1.24 bits per heavy atom. The predicted molar refractivity (Wildman–Crippen MR) is 150 cm³/mol. The quantitative estimate of drug-likeness (QED) is 0.241. The molecule has 4 aromatic heterocycles. The van der Waals surface area contributed by atoms with Gasteiger partial charge in [0.2, 0.25) is 11.9 Å². The number of benzene rings is 1. The number of hydrogen-bond acceptors (Lipinski definition) is 8. The normalized spacial score (nSPS) is 12.7. The van der Waals surface area contributed by atoms with Gasteiger partial charge in [0.15, 0.2) is 0 Å². The SMILES string of the molecule is COc1cc(F)cc(C(CO)NC(=O)C(C)n2ccn3cc(-c4nc(Nc5ccnn5C)ncc4Cl)cc3c2=O)c1. The number of ether oxygens (including phenoxy) is 1. The minimum Gasteiger partial charge on any atom is -0.497 e. The Hall–Kier alpha value is -4.75. The van der Waals surface area contributed by atoms with Crippen LogP contribution in [0.4, 0.5) is 16.2 Å². The summed E-state index contributed by atoms with van der Waals surface area (Å²) in [5.41, 5.74) is 1.14. The van der Waals surface area contributed by atoms with Crippen LogP contribution in [0.25, 0.3) is 16.8 Å². The Morgan fingerprint density at radius 3 is 2.76 bits per heavy atom. The first-order valence-electron chi connectivity index (χ1n) is 12.4. The molecule has 0 aliphatic heterocycles. The van der Waals surface area contributed by atoms with Crippen molar-refractivity contribution in [2.24, 2.45) is 7.05 Å². The highest BCUT2D eigenvalue weighted by molar-refractivity contribution is 6.33. The number of aliphatic hydroxyl groups excluding tert-OH is 1. The van der Waals surface area contributed by atoms with Gasteiger partial charge in [0.1, 0.15) is 28.9 Å². The summed E-state index contributed by atoms with van der Waals surface area (Å²) in [6.45, 7) is 1.06. The van der Waals surface area contributed by atoms with Crippen LogP contribution in [0.1, 0.15) is 24.6 Å². The van der Waals surface area contributed by atoms with Crippen LogP contribution in [-0.4, -0.2) is 53.4 Å². The highest BCUT2D eigenvalue weighted by Crippen LogP contribution is 2.28. The van der Waals surface area contributed by atoms with Crippen molar-refractivity contribution in [2.75, 3.05) is 19.0 Å². The highest BCUT2D eigenvalue weighted by Gasteiger charge is 2.23. The number of nitrogens with one attached hydrogen (secondary N) is 2. The van der Waals surface area contributed by atoms with Crippen LogP contribution in [0.3, 0.4) is 0 Å². The van der Waals surface area contributed by atoms with Crippen molar-refractivity contribution in [1.82, 2.24) is 34.0 Å². The van der Waals surface area contributed by atoms with Crippen molar-refractivity contribution in [3.8, 4) is 17.0 Å². The van der Waals surface area contributed by atoms with Gasteiger partial charge in [-0.15, -0.1) is 0 Å². The number of amides is 1. The van der Waals surface area contributed by atoms with Gasteiger partial charge >= 0.3 is 0 Å². The summed E-state index contributed by atoms with van der Waals surface area (Å²) in [5, 5.41) is 20.0. The zero-order chi connectivity index (χ0) is 29.3. The summed E-state index contributed by atoms with van der Waals surface area (Å²) in [6, 6.07) is 5.43. The number of carbonyl (C=O) groups is 1. The molecular weight excluding hydrogens is 555 g/mol. The zero-order valence-corrected chi connectivity index (χ0v) is 23.0. The van der Waals surface area contributed by atoms with E-state index in [4.69, 9.17) is 16.3 Å². The van der Waals surface area contributed by atoms with Crippen LogP contribution in [0.2, 0.25) is 5.02 Å². The van der Waals surface area contributed by atoms with Crippen LogP contribution < -0.4 is 20.9 Å². The highest BCUT2D eigenvalue weighted by atomic mass is 35.5. The number of carbonyl (C=O) groups excluding carboxylic acids is 1. The molecular formula is C27H26ClFN8O4. The van der Waals surface area contributed by atoms with Crippen LogP contribution in [-0.2, 0) is 11.8 Å². The van der Waals surface area contributed by atoms with Gasteiger partial charge in [-0.05, 0) is 30.7 Å². The fraction of sp³-hybridized carbons (Fsp3) is 0.222. The van der Waals surface area contributed by atoms with E-state index in [1.165, 1.54) is 42.3 Å². The number of hydrogen-bond donors (Lipinski definition) is 3. The summed E-state index contributed by atoms with van der Waals surface area (Å²) in [6.07, 6.45) is 7.91. The van der Waals surface area contributed by atoms with E-state index in [0.717, 1.165) is 0 Å². The molecule has 0 fully saturated rings. The van der Waals surface area contributed by atoms with Crippen LogP contribution in [0, 0.1) is 5.82 Å². The Labute approximate surface area is 238 Å². The Kier molecular flexibility index (Phi) is 7.72. The van der Waals surface area contributed by atoms with Crippen LogP contribution in [0.15, 0.2) is 66.1 Å². The molecule has 1 aromatic carbocycles. The molecule has 3 N–H and O–H groups in total. The number of aliphatic hydroxyl groups is 1. The monoisotopic (exact) mass is 580 g/mol. The summed E-state index contributed by atoms with van der Waals surface area (Å²) >= 11 is 6.41. The van der Waals surface area contributed by atoms with Gasteiger partial charge in [0, 0.05) is 43.3 Å². The molecule has 0 saturated heterocycles. The van der Waals surface area contributed by atoms with Gasteiger partial charge in [-0.1, -0.05) is 11.6 Å².